The predicted molar refractivity (Wildman–Crippen MR) is 67.1 cm³/mol. The largest absolute Gasteiger partial charge is 0.328 e. The van der Waals surface area contributed by atoms with E-state index in [1.807, 2.05) is 13.0 Å². The predicted octanol–water partition coefficient (Wildman–Crippen LogP) is 1.11. The Balaban J connectivity index is 2.25. The maximum atomic E-state index is 12.3. The molecule has 1 saturated heterocycles. The molecular weight excluding hydrogens is 236 g/mol. The number of hydrogen-bond acceptors (Lipinski definition) is 3. The van der Waals surface area contributed by atoms with Crippen LogP contribution >= 0.6 is 0 Å². The lowest BCUT2D eigenvalue weighted by Gasteiger charge is -2.29. The van der Waals surface area contributed by atoms with Gasteiger partial charge in [0.2, 0.25) is 10.0 Å². The fraction of sp³-hybridized carbons (Fsp3) is 0.500. The van der Waals surface area contributed by atoms with Gasteiger partial charge >= 0.3 is 0 Å². The number of hydrogen-bond donors (Lipinski definition) is 1. The second-order valence-electron chi connectivity index (χ2n) is 4.56. The third-order valence-corrected chi connectivity index (χ3v) is 5.02. The fourth-order valence-electron chi connectivity index (χ4n) is 2.04. The highest BCUT2D eigenvalue weighted by Crippen LogP contribution is 2.20. The first-order valence-corrected chi connectivity index (χ1v) is 7.26. The standard InChI is InChI=1S/C12H18N2O2S/c1-10-3-2-4-12(9-10)17(15,16)14-7-5-11(13)6-8-14/h2-4,9,11H,5-8,13H2,1H3. The molecule has 0 atom stereocenters. The van der Waals surface area contributed by atoms with Crippen molar-refractivity contribution in [3.05, 3.63) is 29.8 Å². The molecule has 2 N–H and O–H groups in total. The average Bonchev–Trinajstić information content (AvgIpc) is 2.29. The summed E-state index contributed by atoms with van der Waals surface area (Å²) in [6.45, 7) is 2.94. The highest BCUT2D eigenvalue weighted by atomic mass is 32.2. The molecule has 0 saturated carbocycles. The molecule has 0 unspecified atom stereocenters. The minimum absolute atomic E-state index is 0.138. The van der Waals surface area contributed by atoms with Crippen LogP contribution in [0.2, 0.25) is 0 Å². The van der Waals surface area contributed by atoms with E-state index in [9.17, 15) is 8.42 Å². The fourth-order valence-corrected chi connectivity index (χ4v) is 3.62. The highest BCUT2D eigenvalue weighted by Gasteiger charge is 2.27. The third kappa shape index (κ3) is 2.68. The molecule has 0 radical (unpaired) electrons. The summed E-state index contributed by atoms with van der Waals surface area (Å²) in [6, 6.07) is 7.17. The quantitative estimate of drug-likeness (QED) is 0.860. The van der Waals surface area contributed by atoms with Crippen molar-refractivity contribution >= 4 is 10.0 Å². The van der Waals surface area contributed by atoms with Gasteiger partial charge in [0, 0.05) is 19.1 Å². The highest BCUT2D eigenvalue weighted by molar-refractivity contribution is 7.89. The van der Waals surface area contributed by atoms with Crippen molar-refractivity contribution in [3.63, 3.8) is 0 Å². The van der Waals surface area contributed by atoms with Gasteiger partial charge in [-0.15, -0.1) is 0 Å². The minimum atomic E-state index is -3.33. The van der Waals surface area contributed by atoms with Gasteiger partial charge in [0.25, 0.3) is 0 Å². The molecule has 0 aromatic heterocycles. The second kappa shape index (κ2) is 4.76. The second-order valence-corrected chi connectivity index (χ2v) is 6.50. The molecule has 1 heterocycles. The lowest BCUT2D eigenvalue weighted by molar-refractivity contribution is 0.320. The van der Waals surface area contributed by atoms with Crippen molar-refractivity contribution < 1.29 is 8.42 Å². The van der Waals surface area contributed by atoms with Crippen LogP contribution in [0.3, 0.4) is 0 Å². The van der Waals surface area contributed by atoms with E-state index in [0.717, 1.165) is 18.4 Å². The molecule has 0 amide bonds. The van der Waals surface area contributed by atoms with Crippen LogP contribution < -0.4 is 5.73 Å². The minimum Gasteiger partial charge on any atom is -0.328 e. The Morgan fingerprint density at radius 3 is 2.53 bits per heavy atom. The van der Waals surface area contributed by atoms with E-state index in [1.165, 1.54) is 4.31 Å². The van der Waals surface area contributed by atoms with Gasteiger partial charge in [-0.2, -0.15) is 4.31 Å². The topological polar surface area (TPSA) is 63.4 Å². The molecule has 94 valence electrons. The van der Waals surface area contributed by atoms with E-state index < -0.39 is 10.0 Å². The number of rotatable bonds is 2. The van der Waals surface area contributed by atoms with Crippen LogP contribution in [-0.2, 0) is 10.0 Å². The normalized spacial score (nSPS) is 19.4. The van der Waals surface area contributed by atoms with Crippen molar-refractivity contribution in [2.75, 3.05) is 13.1 Å². The summed E-state index contributed by atoms with van der Waals surface area (Å²) in [4.78, 5) is 0.382. The zero-order chi connectivity index (χ0) is 12.5. The average molecular weight is 254 g/mol. The number of aryl methyl sites for hydroxylation is 1. The zero-order valence-electron chi connectivity index (χ0n) is 9.96. The summed E-state index contributed by atoms with van der Waals surface area (Å²) in [5, 5.41) is 0. The third-order valence-electron chi connectivity index (χ3n) is 3.13. The summed E-state index contributed by atoms with van der Waals surface area (Å²) in [6.07, 6.45) is 1.48. The Bertz CT molecular complexity index is 491. The maximum Gasteiger partial charge on any atom is 0.243 e. The first-order valence-electron chi connectivity index (χ1n) is 5.82. The van der Waals surface area contributed by atoms with Crippen molar-refractivity contribution in [2.24, 2.45) is 5.73 Å². The first kappa shape index (κ1) is 12.5. The summed E-state index contributed by atoms with van der Waals surface area (Å²) >= 11 is 0. The smallest absolute Gasteiger partial charge is 0.243 e. The number of piperidine rings is 1. The van der Waals surface area contributed by atoms with Crippen LogP contribution in [0.15, 0.2) is 29.2 Å². The van der Waals surface area contributed by atoms with E-state index in [-0.39, 0.29) is 6.04 Å². The molecule has 1 aliphatic heterocycles. The Hall–Kier alpha value is -0.910. The zero-order valence-corrected chi connectivity index (χ0v) is 10.8. The molecule has 1 fully saturated rings. The molecular formula is C12H18N2O2S. The molecule has 5 heteroatoms. The van der Waals surface area contributed by atoms with Crippen molar-refractivity contribution in [1.82, 2.24) is 4.31 Å². The molecule has 0 aliphatic carbocycles. The van der Waals surface area contributed by atoms with Gasteiger partial charge in [-0.05, 0) is 37.5 Å². The molecule has 1 aromatic carbocycles. The number of benzene rings is 1. The van der Waals surface area contributed by atoms with Crippen molar-refractivity contribution in [3.8, 4) is 0 Å². The lowest BCUT2D eigenvalue weighted by atomic mass is 10.1. The van der Waals surface area contributed by atoms with Crippen molar-refractivity contribution in [2.45, 2.75) is 30.7 Å². The van der Waals surface area contributed by atoms with E-state index in [0.29, 0.717) is 18.0 Å². The van der Waals surface area contributed by atoms with Gasteiger partial charge in [-0.25, -0.2) is 8.42 Å². The Morgan fingerprint density at radius 1 is 1.29 bits per heavy atom. The molecule has 1 aromatic rings. The summed E-state index contributed by atoms with van der Waals surface area (Å²) in [5.41, 5.74) is 6.74. The Labute approximate surface area is 102 Å². The van der Waals surface area contributed by atoms with Crippen LogP contribution in [0.5, 0.6) is 0 Å². The number of nitrogens with two attached hydrogens (primary N) is 1. The van der Waals surface area contributed by atoms with Gasteiger partial charge in [-0.1, -0.05) is 12.1 Å². The van der Waals surface area contributed by atoms with E-state index in [1.54, 1.807) is 18.2 Å². The lowest BCUT2D eigenvalue weighted by Crippen LogP contribution is -2.42. The van der Waals surface area contributed by atoms with Gasteiger partial charge in [0.15, 0.2) is 0 Å². The maximum absolute atomic E-state index is 12.3. The van der Waals surface area contributed by atoms with Crippen LogP contribution in [0.25, 0.3) is 0 Å². The SMILES string of the molecule is Cc1cccc(S(=O)(=O)N2CCC(N)CC2)c1. The molecule has 4 nitrogen and oxygen atoms in total. The van der Waals surface area contributed by atoms with Crippen LogP contribution in [-0.4, -0.2) is 31.9 Å². The summed E-state index contributed by atoms with van der Waals surface area (Å²) in [7, 11) is -3.33. The van der Waals surface area contributed by atoms with E-state index in [4.69, 9.17) is 5.73 Å². The van der Waals surface area contributed by atoms with Crippen LogP contribution in [0, 0.1) is 6.92 Å². The molecule has 1 aliphatic rings. The van der Waals surface area contributed by atoms with Crippen molar-refractivity contribution in [1.29, 1.82) is 0 Å². The monoisotopic (exact) mass is 254 g/mol. The summed E-state index contributed by atoms with van der Waals surface area (Å²) in [5.74, 6) is 0. The van der Waals surface area contributed by atoms with E-state index in [2.05, 4.69) is 0 Å². The van der Waals surface area contributed by atoms with Gasteiger partial charge in [0.1, 0.15) is 0 Å². The van der Waals surface area contributed by atoms with Crippen LogP contribution in [0.1, 0.15) is 18.4 Å². The van der Waals surface area contributed by atoms with Gasteiger partial charge in [0.05, 0.1) is 4.90 Å². The molecule has 2 rings (SSSR count). The van der Waals surface area contributed by atoms with Gasteiger partial charge in [-0.3, -0.25) is 0 Å². The Kier molecular flexibility index (Phi) is 3.51. The summed E-state index contributed by atoms with van der Waals surface area (Å²) < 4.78 is 26.2. The van der Waals surface area contributed by atoms with Crippen LogP contribution in [0.4, 0.5) is 0 Å². The molecule has 17 heavy (non-hydrogen) atoms. The van der Waals surface area contributed by atoms with E-state index >= 15 is 0 Å². The van der Waals surface area contributed by atoms with Gasteiger partial charge < -0.3 is 5.73 Å². The number of nitrogens with zero attached hydrogens (tertiary/aromatic N) is 1. The molecule has 0 bridgehead atoms. The Morgan fingerprint density at radius 2 is 1.94 bits per heavy atom. The first-order chi connectivity index (χ1) is 8.00. The number of sulfonamides is 1. The molecule has 0 spiro atoms.